The number of nitrogens with zero attached hydrogens (tertiary/aromatic N) is 1. The number of oxazole rings is 1. The molecule has 102 valence electrons. The molecular formula is C15H12Cl2N2O. The molecule has 1 atom stereocenters. The first kappa shape index (κ1) is 13.4. The van der Waals surface area contributed by atoms with Crippen LogP contribution in [0, 0.1) is 0 Å². The summed E-state index contributed by atoms with van der Waals surface area (Å²) in [6.45, 7) is 0. The van der Waals surface area contributed by atoms with Gasteiger partial charge in [0.2, 0.25) is 0 Å². The summed E-state index contributed by atoms with van der Waals surface area (Å²) in [5.74, 6) is 0.578. The van der Waals surface area contributed by atoms with Crippen LogP contribution in [0.5, 0.6) is 0 Å². The van der Waals surface area contributed by atoms with Crippen LogP contribution in [0.2, 0.25) is 10.0 Å². The van der Waals surface area contributed by atoms with Gasteiger partial charge in [0.25, 0.3) is 0 Å². The van der Waals surface area contributed by atoms with Crippen molar-refractivity contribution in [2.24, 2.45) is 5.73 Å². The van der Waals surface area contributed by atoms with Gasteiger partial charge >= 0.3 is 0 Å². The average molecular weight is 307 g/mol. The highest BCUT2D eigenvalue weighted by atomic mass is 35.5. The predicted octanol–water partition coefficient (Wildman–Crippen LogP) is 4.38. The predicted molar refractivity (Wildman–Crippen MR) is 81.1 cm³/mol. The summed E-state index contributed by atoms with van der Waals surface area (Å²) in [6.07, 6.45) is 0.443. The Hall–Kier alpha value is -1.55. The first-order valence-corrected chi connectivity index (χ1v) is 6.94. The molecule has 1 unspecified atom stereocenters. The molecule has 0 amide bonds. The van der Waals surface area contributed by atoms with Crippen LogP contribution in [0.25, 0.3) is 11.1 Å². The summed E-state index contributed by atoms with van der Waals surface area (Å²) in [6, 6.07) is 12.6. The molecule has 3 aromatic rings. The van der Waals surface area contributed by atoms with E-state index in [9.17, 15) is 0 Å². The highest BCUT2D eigenvalue weighted by molar-refractivity contribution is 6.36. The third kappa shape index (κ3) is 2.52. The lowest BCUT2D eigenvalue weighted by molar-refractivity contribution is 0.502. The van der Waals surface area contributed by atoms with Gasteiger partial charge in [0.05, 0.1) is 0 Å². The summed E-state index contributed by atoms with van der Waals surface area (Å²) in [7, 11) is 0. The zero-order valence-corrected chi connectivity index (χ0v) is 12.0. The molecule has 0 saturated carbocycles. The van der Waals surface area contributed by atoms with Crippen molar-refractivity contribution in [3.05, 3.63) is 64.0 Å². The van der Waals surface area contributed by atoms with Crippen molar-refractivity contribution in [1.29, 1.82) is 0 Å². The molecule has 1 aromatic heterocycles. The zero-order valence-electron chi connectivity index (χ0n) is 10.5. The number of hydrogen-bond acceptors (Lipinski definition) is 3. The summed E-state index contributed by atoms with van der Waals surface area (Å²) in [4.78, 5) is 4.40. The highest BCUT2D eigenvalue weighted by Crippen LogP contribution is 2.31. The molecule has 3 nitrogen and oxygen atoms in total. The van der Waals surface area contributed by atoms with Crippen LogP contribution in [0.4, 0.5) is 0 Å². The van der Waals surface area contributed by atoms with Gasteiger partial charge in [-0.25, -0.2) is 4.98 Å². The van der Waals surface area contributed by atoms with Crippen molar-refractivity contribution in [3.63, 3.8) is 0 Å². The lowest BCUT2D eigenvalue weighted by Gasteiger charge is -2.13. The number of fused-ring (bicyclic) bond motifs is 1. The second kappa shape index (κ2) is 5.44. The van der Waals surface area contributed by atoms with Crippen LogP contribution in [-0.4, -0.2) is 4.98 Å². The lowest BCUT2D eigenvalue weighted by Crippen LogP contribution is -2.14. The van der Waals surface area contributed by atoms with Crippen LogP contribution >= 0.6 is 23.2 Å². The Morgan fingerprint density at radius 1 is 1.05 bits per heavy atom. The highest BCUT2D eigenvalue weighted by Gasteiger charge is 2.17. The van der Waals surface area contributed by atoms with E-state index in [0.717, 1.165) is 16.7 Å². The van der Waals surface area contributed by atoms with Crippen LogP contribution in [0.15, 0.2) is 46.9 Å². The normalized spacial score (nSPS) is 12.8. The number of benzene rings is 2. The maximum absolute atomic E-state index is 6.18. The van der Waals surface area contributed by atoms with E-state index in [1.54, 1.807) is 18.2 Å². The molecule has 0 spiro atoms. The zero-order chi connectivity index (χ0) is 14.1. The van der Waals surface area contributed by atoms with Gasteiger partial charge in [-0.3, -0.25) is 0 Å². The fourth-order valence-electron chi connectivity index (χ4n) is 2.16. The number of para-hydroxylation sites is 2. The molecule has 0 saturated heterocycles. The molecule has 0 aliphatic carbocycles. The monoisotopic (exact) mass is 306 g/mol. The van der Waals surface area contributed by atoms with E-state index in [-0.39, 0.29) is 6.04 Å². The quantitative estimate of drug-likeness (QED) is 0.781. The van der Waals surface area contributed by atoms with Crippen LogP contribution in [-0.2, 0) is 6.42 Å². The Labute approximate surface area is 126 Å². The molecule has 2 N–H and O–H groups in total. The molecule has 3 rings (SSSR count). The van der Waals surface area contributed by atoms with Gasteiger partial charge in [0.15, 0.2) is 11.5 Å². The molecule has 0 bridgehead atoms. The van der Waals surface area contributed by atoms with Crippen molar-refractivity contribution in [2.75, 3.05) is 0 Å². The van der Waals surface area contributed by atoms with E-state index in [2.05, 4.69) is 4.98 Å². The van der Waals surface area contributed by atoms with E-state index >= 15 is 0 Å². The Balaban J connectivity index is 1.90. The molecule has 0 aliphatic heterocycles. The first-order chi connectivity index (χ1) is 9.65. The molecule has 2 aromatic carbocycles. The Morgan fingerprint density at radius 3 is 2.45 bits per heavy atom. The Bertz CT molecular complexity index is 701. The van der Waals surface area contributed by atoms with Gasteiger partial charge in [-0.15, -0.1) is 0 Å². The topological polar surface area (TPSA) is 52.0 Å². The van der Waals surface area contributed by atoms with Gasteiger partial charge in [-0.1, -0.05) is 41.4 Å². The maximum atomic E-state index is 6.18. The maximum Gasteiger partial charge on any atom is 0.197 e. The molecule has 5 heteroatoms. The number of aromatic nitrogens is 1. The summed E-state index contributed by atoms with van der Waals surface area (Å²) >= 11 is 12.3. The van der Waals surface area contributed by atoms with E-state index < -0.39 is 0 Å². The van der Waals surface area contributed by atoms with E-state index in [0.29, 0.717) is 22.4 Å². The van der Waals surface area contributed by atoms with Gasteiger partial charge in [-0.05, 0) is 24.3 Å². The van der Waals surface area contributed by atoms with E-state index in [1.165, 1.54) is 0 Å². The average Bonchev–Trinajstić information content (AvgIpc) is 2.80. The molecule has 1 heterocycles. The van der Waals surface area contributed by atoms with Crippen LogP contribution < -0.4 is 5.73 Å². The Morgan fingerprint density at radius 2 is 1.75 bits per heavy atom. The van der Waals surface area contributed by atoms with Gasteiger partial charge in [0.1, 0.15) is 5.52 Å². The molecule has 0 fully saturated rings. The van der Waals surface area contributed by atoms with Crippen molar-refractivity contribution in [1.82, 2.24) is 4.98 Å². The largest absolute Gasteiger partial charge is 0.441 e. The fourth-order valence-corrected chi connectivity index (χ4v) is 2.84. The lowest BCUT2D eigenvalue weighted by atomic mass is 10.0. The van der Waals surface area contributed by atoms with Gasteiger partial charge in [-0.2, -0.15) is 0 Å². The van der Waals surface area contributed by atoms with Crippen LogP contribution in [0.1, 0.15) is 17.5 Å². The molecule has 0 aliphatic rings. The molecular weight excluding hydrogens is 295 g/mol. The van der Waals surface area contributed by atoms with E-state index in [4.69, 9.17) is 33.4 Å². The minimum absolute atomic E-state index is 0.357. The number of halogens is 2. The SMILES string of the molecule is NC(Cc1nc2ccccc2o1)c1c(Cl)cccc1Cl. The number of hydrogen-bond donors (Lipinski definition) is 1. The van der Waals surface area contributed by atoms with Crippen molar-refractivity contribution in [3.8, 4) is 0 Å². The minimum Gasteiger partial charge on any atom is -0.441 e. The second-order valence-corrected chi connectivity index (χ2v) is 5.34. The Kier molecular flexibility index (Phi) is 3.66. The van der Waals surface area contributed by atoms with Crippen molar-refractivity contribution >= 4 is 34.3 Å². The van der Waals surface area contributed by atoms with Gasteiger partial charge in [0, 0.05) is 28.1 Å². The minimum atomic E-state index is -0.357. The summed E-state index contributed by atoms with van der Waals surface area (Å²) in [5, 5.41) is 1.11. The number of nitrogens with two attached hydrogens (primary N) is 1. The summed E-state index contributed by atoms with van der Waals surface area (Å²) in [5.41, 5.74) is 8.47. The van der Waals surface area contributed by atoms with Crippen molar-refractivity contribution in [2.45, 2.75) is 12.5 Å². The summed E-state index contributed by atoms with van der Waals surface area (Å²) < 4.78 is 5.66. The van der Waals surface area contributed by atoms with Gasteiger partial charge < -0.3 is 10.2 Å². The molecule has 20 heavy (non-hydrogen) atoms. The third-order valence-electron chi connectivity index (χ3n) is 3.10. The third-order valence-corrected chi connectivity index (χ3v) is 3.76. The van der Waals surface area contributed by atoms with E-state index in [1.807, 2.05) is 24.3 Å². The smallest absolute Gasteiger partial charge is 0.197 e. The standard InChI is InChI=1S/C15H12Cl2N2O/c16-9-4-3-5-10(17)15(9)11(18)8-14-19-12-6-1-2-7-13(12)20-14/h1-7,11H,8,18H2. The first-order valence-electron chi connectivity index (χ1n) is 6.19. The number of rotatable bonds is 3. The second-order valence-electron chi connectivity index (χ2n) is 4.52. The van der Waals surface area contributed by atoms with Crippen LogP contribution in [0.3, 0.4) is 0 Å². The fraction of sp³-hybridized carbons (Fsp3) is 0.133. The molecule has 0 radical (unpaired) electrons. The van der Waals surface area contributed by atoms with Crippen molar-refractivity contribution < 1.29 is 4.42 Å².